The number of hydrogen-bond acceptors (Lipinski definition) is 7. The van der Waals surface area contributed by atoms with Gasteiger partial charge in [-0.1, -0.05) is 0 Å². The lowest BCUT2D eigenvalue weighted by atomic mass is 10.1. The van der Waals surface area contributed by atoms with E-state index in [-0.39, 0.29) is 30.0 Å². The number of anilines is 1. The number of nitrogens with zero attached hydrogens (tertiary/aromatic N) is 4. The highest BCUT2D eigenvalue weighted by atomic mass is 19.1. The summed E-state index contributed by atoms with van der Waals surface area (Å²) in [7, 11) is 1.44. The number of fused-ring (bicyclic) bond motifs is 1. The summed E-state index contributed by atoms with van der Waals surface area (Å²) in [5.74, 6) is 0.00137. The minimum atomic E-state index is -0.422. The highest BCUT2D eigenvalue weighted by Crippen LogP contribution is 2.26. The maximum atomic E-state index is 13.8. The predicted octanol–water partition coefficient (Wildman–Crippen LogP) is 3.24. The van der Waals surface area contributed by atoms with E-state index in [4.69, 9.17) is 15.2 Å². The number of carbonyl (C=O) groups is 1. The molecule has 3 aromatic heterocycles. The molecule has 0 atom stereocenters. The Labute approximate surface area is 189 Å². The number of hydrogen-bond donors (Lipinski definition) is 2. The molecule has 0 saturated heterocycles. The molecule has 9 nitrogen and oxygen atoms in total. The Kier molecular flexibility index (Phi) is 6.07. The highest BCUT2D eigenvalue weighted by molar-refractivity contribution is 5.97. The number of amides is 1. The van der Waals surface area contributed by atoms with E-state index in [0.29, 0.717) is 22.5 Å². The molecule has 0 aliphatic rings. The van der Waals surface area contributed by atoms with Gasteiger partial charge in [0.15, 0.2) is 5.65 Å². The van der Waals surface area contributed by atoms with Gasteiger partial charge in [-0.3, -0.25) is 4.79 Å². The van der Waals surface area contributed by atoms with Crippen molar-refractivity contribution in [1.29, 1.82) is 0 Å². The van der Waals surface area contributed by atoms with Gasteiger partial charge in [-0.15, -0.1) is 5.10 Å². The van der Waals surface area contributed by atoms with Crippen LogP contribution in [0.3, 0.4) is 0 Å². The second-order valence-corrected chi connectivity index (χ2v) is 7.57. The number of benzene rings is 1. The van der Waals surface area contributed by atoms with Crippen LogP contribution in [0.2, 0.25) is 0 Å². The van der Waals surface area contributed by atoms with Crippen molar-refractivity contribution in [3.05, 3.63) is 65.7 Å². The van der Waals surface area contributed by atoms with Crippen molar-refractivity contribution < 1.29 is 18.7 Å². The lowest BCUT2D eigenvalue weighted by Gasteiger charge is -2.15. The smallest absolute Gasteiger partial charge is 0.257 e. The van der Waals surface area contributed by atoms with Crippen molar-refractivity contribution in [2.24, 2.45) is 0 Å². The Hall–Kier alpha value is -4.21. The first-order chi connectivity index (χ1) is 15.8. The highest BCUT2D eigenvalue weighted by Gasteiger charge is 2.17. The monoisotopic (exact) mass is 450 g/mol. The van der Waals surface area contributed by atoms with E-state index in [0.717, 1.165) is 5.56 Å². The van der Waals surface area contributed by atoms with Crippen molar-refractivity contribution in [1.82, 2.24) is 24.9 Å². The van der Waals surface area contributed by atoms with Crippen LogP contribution in [0, 0.1) is 5.82 Å². The number of rotatable bonds is 7. The van der Waals surface area contributed by atoms with E-state index < -0.39 is 11.7 Å². The Balaban J connectivity index is 1.60. The average molecular weight is 450 g/mol. The van der Waals surface area contributed by atoms with E-state index in [9.17, 15) is 9.18 Å². The fourth-order valence-corrected chi connectivity index (χ4v) is 3.34. The number of aromatic nitrogens is 4. The fourth-order valence-electron chi connectivity index (χ4n) is 3.34. The molecular weight excluding hydrogens is 427 g/mol. The molecule has 4 rings (SSSR count). The summed E-state index contributed by atoms with van der Waals surface area (Å²) in [4.78, 5) is 21.4. The Bertz CT molecular complexity index is 1320. The van der Waals surface area contributed by atoms with Gasteiger partial charge in [0.05, 0.1) is 13.2 Å². The van der Waals surface area contributed by atoms with Gasteiger partial charge in [0.25, 0.3) is 5.91 Å². The molecule has 1 amide bonds. The summed E-state index contributed by atoms with van der Waals surface area (Å²) in [6.07, 6.45) is 3.23. The standard InChI is InChI=1S/C23H23FN6O3/c1-13(2)33-19-5-4-17(24)8-16(19)12-26-21(31)18-9-15(11-27-22(18)32-3)14-6-7-30-20(10-14)28-23(25)29-30/h4-11,13H,12H2,1-3H3,(H2,25,29)(H,26,31). The summed E-state index contributed by atoms with van der Waals surface area (Å²) < 4.78 is 26.3. The number of ether oxygens (including phenoxy) is 2. The number of carbonyl (C=O) groups excluding carboxylic acids is 1. The lowest BCUT2D eigenvalue weighted by Crippen LogP contribution is -2.24. The van der Waals surface area contributed by atoms with Gasteiger partial charge in [-0.05, 0) is 55.8 Å². The van der Waals surface area contributed by atoms with Crippen LogP contribution < -0.4 is 20.5 Å². The van der Waals surface area contributed by atoms with Crippen molar-refractivity contribution in [2.45, 2.75) is 26.5 Å². The SMILES string of the molecule is COc1ncc(-c2ccn3nc(N)nc3c2)cc1C(=O)NCc1cc(F)ccc1OC(C)C. The first-order valence-corrected chi connectivity index (χ1v) is 10.2. The second-order valence-electron chi connectivity index (χ2n) is 7.57. The molecular formula is C23H23FN6O3. The third-order valence-corrected chi connectivity index (χ3v) is 4.80. The molecule has 4 aromatic rings. The molecule has 0 saturated carbocycles. The normalized spacial score (nSPS) is 11.1. The van der Waals surface area contributed by atoms with Gasteiger partial charge in [-0.25, -0.2) is 13.9 Å². The Morgan fingerprint density at radius 2 is 2.03 bits per heavy atom. The Morgan fingerprint density at radius 3 is 2.79 bits per heavy atom. The summed E-state index contributed by atoms with van der Waals surface area (Å²) in [6, 6.07) is 9.48. The number of methoxy groups -OCH3 is 1. The zero-order valence-electron chi connectivity index (χ0n) is 18.4. The molecule has 0 aliphatic carbocycles. The van der Waals surface area contributed by atoms with Crippen LogP contribution in [0.25, 0.3) is 16.8 Å². The average Bonchev–Trinajstić information content (AvgIpc) is 3.17. The number of nitrogens with two attached hydrogens (primary N) is 1. The minimum absolute atomic E-state index is 0.0665. The van der Waals surface area contributed by atoms with Gasteiger partial charge in [0.1, 0.15) is 17.1 Å². The number of halogens is 1. The van der Waals surface area contributed by atoms with Crippen molar-refractivity contribution in [3.8, 4) is 22.8 Å². The molecule has 0 aliphatic heterocycles. The Morgan fingerprint density at radius 1 is 1.21 bits per heavy atom. The van der Waals surface area contributed by atoms with Crippen LogP contribution in [-0.2, 0) is 6.54 Å². The lowest BCUT2D eigenvalue weighted by molar-refractivity contribution is 0.0946. The molecule has 170 valence electrons. The van der Waals surface area contributed by atoms with E-state index >= 15 is 0 Å². The zero-order valence-corrected chi connectivity index (χ0v) is 18.4. The van der Waals surface area contributed by atoms with Crippen LogP contribution >= 0.6 is 0 Å². The second kappa shape index (κ2) is 9.11. The van der Waals surface area contributed by atoms with Crippen molar-refractivity contribution in [2.75, 3.05) is 12.8 Å². The largest absolute Gasteiger partial charge is 0.491 e. The third-order valence-electron chi connectivity index (χ3n) is 4.80. The summed E-state index contributed by atoms with van der Waals surface area (Å²) >= 11 is 0. The quantitative estimate of drug-likeness (QED) is 0.444. The van der Waals surface area contributed by atoms with Crippen LogP contribution in [0.5, 0.6) is 11.6 Å². The van der Waals surface area contributed by atoms with E-state index in [1.54, 1.807) is 35.1 Å². The van der Waals surface area contributed by atoms with E-state index in [1.165, 1.54) is 19.2 Å². The summed E-state index contributed by atoms with van der Waals surface area (Å²) in [5.41, 5.74) is 8.43. The van der Waals surface area contributed by atoms with Gasteiger partial charge < -0.3 is 20.5 Å². The summed E-state index contributed by atoms with van der Waals surface area (Å²) in [6.45, 7) is 3.81. The molecule has 0 radical (unpaired) electrons. The molecule has 0 unspecified atom stereocenters. The minimum Gasteiger partial charge on any atom is -0.491 e. The fraction of sp³-hybridized carbons (Fsp3) is 0.217. The van der Waals surface area contributed by atoms with E-state index in [2.05, 4.69) is 20.4 Å². The van der Waals surface area contributed by atoms with Gasteiger partial charge in [0.2, 0.25) is 11.8 Å². The van der Waals surface area contributed by atoms with Crippen LogP contribution in [-0.4, -0.2) is 38.7 Å². The topological polar surface area (TPSA) is 117 Å². The number of nitrogen functional groups attached to an aromatic ring is 1. The molecule has 33 heavy (non-hydrogen) atoms. The van der Waals surface area contributed by atoms with Gasteiger partial charge >= 0.3 is 0 Å². The molecule has 1 aromatic carbocycles. The van der Waals surface area contributed by atoms with Crippen LogP contribution in [0.1, 0.15) is 29.8 Å². The number of pyridine rings is 2. The van der Waals surface area contributed by atoms with E-state index in [1.807, 2.05) is 19.9 Å². The first kappa shape index (κ1) is 22.0. The van der Waals surface area contributed by atoms with Crippen molar-refractivity contribution >= 4 is 17.5 Å². The molecule has 3 N–H and O–H groups in total. The first-order valence-electron chi connectivity index (χ1n) is 10.2. The molecule has 0 fully saturated rings. The van der Waals surface area contributed by atoms with Crippen LogP contribution in [0.15, 0.2) is 48.8 Å². The van der Waals surface area contributed by atoms with Gasteiger partial charge in [-0.2, -0.15) is 4.98 Å². The maximum absolute atomic E-state index is 13.8. The maximum Gasteiger partial charge on any atom is 0.257 e. The van der Waals surface area contributed by atoms with Crippen molar-refractivity contribution in [3.63, 3.8) is 0 Å². The predicted molar refractivity (Wildman–Crippen MR) is 121 cm³/mol. The molecule has 0 bridgehead atoms. The van der Waals surface area contributed by atoms with Gasteiger partial charge in [0, 0.05) is 30.1 Å². The molecule has 10 heteroatoms. The summed E-state index contributed by atoms with van der Waals surface area (Å²) in [5, 5.41) is 6.85. The third kappa shape index (κ3) is 4.84. The molecule has 0 spiro atoms. The van der Waals surface area contributed by atoms with Crippen LogP contribution in [0.4, 0.5) is 10.3 Å². The number of nitrogens with one attached hydrogen (secondary N) is 1. The zero-order chi connectivity index (χ0) is 23.5. The molecule has 3 heterocycles.